The van der Waals surface area contributed by atoms with Gasteiger partial charge in [-0.25, -0.2) is 4.98 Å². The highest BCUT2D eigenvalue weighted by Gasteiger charge is 2.13. The van der Waals surface area contributed by atoms with Gasteiger partial charge < -0.3 is 4.98 Å². The summed E-state index contributed by atoms with van der Waals surface area (Å²) in [6.45, 7) is 1.57. The number of nitrogens with one attached hydrogen (secondary N) is 1. The maximum absolute atomic E-state index is 11.3. The minimum atomic E-state index is 0.0711. The predicted octanol–water partition coefficient (Wildman–Crippen LogP) is 4.15. The Labute approximate surface area is 112 Å². The molecule has 1 N–H and O–H groups in total. The number of aromatic amines is 1. The fraction of sp³-hybridized carbons (Fsp3) is 0.0769. The van der Waals surface area contributed by atoms with Gasteiger partial charge in [-0.15, -0.1) is 11.3 Å². The summed E-state index contributed by atoms with van der Waals surface area (Å²) in [7, 11) is 0. The van der Waals surface area contributed by atoms with Crippen LogP contribution in [0.3, 0.4) is 0 Å². The predicted molar refractivity (Wildman–Crippen MR) is 74.4 cm³/mol. The van der Waals surface area contributed by atoms with Gasteiger partial charge in [0.05, 0.1) is 9.90 Å². The van der Waals surface area contributed by atoms with E-state index in [-0.39, 0.29) is 5.78 Å². The molecule has 3 heterocycles. The maximum Gasteiger partial charge on any atom is 0.169 e. The van der Waals surface area contributed by atoms with E-state index >= 15 is 0 Å². The van der Waals surface area contributed by atoms with Gasteiger partial charge in [-0.3, -0.25) is 4.79 Å². The molecule has 0 unspecified atom stereocenters. The lowest BCUT2D eigenvalue weighted by Gasteiger charge is -2.02. The fourth-order valence-electron chi connectivity index (χ4n) is 1.90. The van der Waals surface area contributed by atoms with Gasteiger partial charge in [0.2, 0.25) is 0 Å². The third-order valence-corrected chi connectivity index (χ3v) is 4.23. The van der Waals surface area contributed by atoms with Crippen molar-refractivity contribution in [2.24, 2.45) is 0 Å². The van der Waals surface area contributed by atoms with E-state index in [9.17, 15) is 4.79 Å². The Morgan fingerprint density at radius 1 is 1.39 bits per heavy atom. The van der Waals surface area contributed by atoms with Crippen molar-refractivity contribution >= 4 is 39.8 Å². The van der Waals surface area contributed by atoms with Crippen LogP contribution in [-0.2, 0) is 0 Å². The molecule has 0 aromatic carbocycles. The molecular formula is C13H9ClN2OS. The second kappa shape index (κ2) is 4.23. The van der Waals surface area contributed by atoms with Crippen LogP contribution in [0.2, 0.25) is 5.02 Å². The Kier molecular flexibility index (Phi) is 2.69. The van der Waals surface area contributed by atoms with Gasteiger partial charge in [-0.1, -0.05) is 11.6 Å². The Hall–Kier alpha value is -1.65. The zero-order valence-corrected chi connectivity index (χ0v) is 11.1. The number of thiophene rings is 1. The van der Waals surface area contributed by atoms with Crippen LogP contribution in [0, 0.1) is 0 Å². The van der Waals surface area contributed by atoms with Gasteiger partial charge in [0, 0.05) is 28.2 Å². The van der Waals surface area contributed by atoms with Gasteiger partial charge in [0.25, 0.3) is 0 Å². The molecule has 0 aliphatic heterocycles. The van der Waals surface area contributed by atoms with Crippen molar-refractivity contribution in [1.82, 2.24) is 9.97 Å². The summed E-state index contributed by atoms with van der Waals surface area (Å²) in [6.07, 6.45) is 3.46. The van der Waals surface area contributed by atoms with Gasteiger partial charge in [0.15, 0.2) is 5.78 Å². The van der Waals surface area contributed by atoms with Gasteiger partial charge in [-0.2, -0.15) is 0 Å². The molecule has 3 aromatic rings. The summed E-state index contributed by atoms with van der Waals surface area (Å²) in [4.78, 5) is 20.3. The second-order valence-corrected chi connectivity index (χ2v) is 5.43. The number of Topliss-reactive ketones (excluding diaryl/α,β-unsaturated/α-hetero) is 1. The van der Waals surface area contributed by atoms with Crippen molar-refractivity contribution in [3.8, 4) is 10.4 Å². The number of carbonyl (C=O) groups is 1. The molecular weight excluding hydrogens is 268 g/mol. The number of hydrogen-bond acceptors (Lipinski definition) is 3. The van der Waals surface area contributed by atoms with Gasteiger partial charge in [-0.05, 0) is 25.1 Å². The van der Waals surface area contributed by atoms with E-state index in [1.54, 1.807) is 13.1 Å². The fourth-order valence-corrected chi connectivity index (χ4v) is 3.18. The summed E-state index contributed by atoms with van der Waals surface area (Å²) >= 11 is 7.68. The van der Waals surface area contributed by atoms with E-state index in [0.29, 0.717) is 5.02 Å². The largest absolute Gasteiger partial charge is 0.346 e. The molecule has 3 nitrogen and oxygen atoms in total. The van der Waals surface area contributed by atoms with Crippen LogP contribution in [0.4, 0.5) is 0 Å². The minimum absolute atomic E-state index is 0.0711. The number of ketones is 1. The number of H-pyrrole nitrogens is 1. The first-order valence-electron chi connectivity index (χ1n) is 5.39. The van der Waals surface area contributed by atoms with E-state index < -0.39 is 0 Å². The normalized spacial score (nSPS) is 11.0. The number of hydrogen-bond donors (Lipinski definition) is 1. The van der Waals surface area contributed by atoms with Crippen molar-refractivity contribution in [2.45, 2.75) is 6.92 Å². The van der Waals surface area contributed by atoms with Crippen molar-refractivity contribution in [1.29, 1.82) is 0 Å². The Morgan fingerprint density at radius 2 is 2.22 bits per heavy atom. The van der Waals surface area contributed by atoms with Crippen molar-refractivity contribution in [2.75, 3.05) is 0 Å². The zero-order valence-electron chi connectivity index (χ0n) is 9.53. The van der Waals surface area contributed by atoms with Crippen LogP contribution >= 0.6 is 22.9 Å². The standard InChI is InChI=1S/C13H9ClN2OS/c1-7(17)10-2-3-11(18-10)12-8-4-5-15-13(8)16-6-9(12)14/h2-6H,1H3,(H,15,16). The van der Waals surface area contributed by atoms with Crippen molar-refractivity contribution in [3.63, 3.8) is 0 Å². The molecule has 0 atom stereocenters. The summed E-state index contributed by atoms with van der Waals surface area (Å²) in [5.41, 5.74) is 1.73. The second-order valence-electron chi connectivity index (χ2n) is 3.94. The topological polar surface area (TPSA) is 45.8 Å². The van der Waals surface area contributed by atoms with Crippen LogP contribution < -0.4 is 0 Å². The first kappa shape index (κ1) is 11.4. The van der Waals surface area contributed by atoms with Crippen LogP contribution in [0.25, 0.3) is 21.5 Å². The molecule has 3 rings (SSSR count). The molecule has 90 valence electrons. The summed E-state index contributed by atoms with van der Waals surface area (Å²) < 4.78 is 0. The van der Waals surface area contributed by atoms with E-state index in [2.05, 4.69) is 9.97 Å². The van der Waals surface area contributed by atoms with E-state index in [1.165, 1.54) is 11.3 Å². The van der Waals surface area contributed by atoms with Gasteiger partial charge >= 0.3 is 0 Å². The highest BCUT2D eigenvalue weighted by molar-refractivity contribution is 7.17. The maximum atomic E-state index is 11.3. The van der Waals surface area contributed by atoms with Crippen molar-refractivity contribution < 1.29 is 4.79 Å². The average Bonchev–Trinajstić information content (AvgIpc) is 2.95. The number of rotatable bonds is 2. The van der Waals surface area contributed by atoms with E-state index in [0.717, 1.165) is 26.4 Å². The Morgan fingerprint density at radius 3 is 2.94 bits per heavy atom. The molecule has 5 heteroatoms. The Bertz CT molecular complexity index is 744. The molecule has 3 aromatic heterocycles. The number of carbonyl (C=O) groups excluding carboxylic acids is 1. The molecule has 0 aliphatic rings. The third-order valence-electron chi connectivity index (χ3n) is 2.74. The highest BCUT2D eigenvalue weighted by atomic mass is 35.5. The first-order valence-corrected chi connectivity index (χ1v) is 6.59. The average molecular weight is 277 g/mol. The van der Waals surface area contributed by atoms with E-state index in [1.807, 2.05) is 24.4 Å². The molecule has 0 radical (unpaired) electrons. The quantitative estimate of drug-likeness (QED) is 0.715. The molecule has 0 aliphatic carbocycles. The lowest BCUT2D eigenvalue weighted by molar-refractivity contribution is 0.102. The number of fused-ring (bicyclic) bond motifs is 1. The number of nitrogens with zero attached hydrogens (tertiary/aromatic N) is 1. The number of aromatic nitrogens is 2. The van der Waals surface area contributed by atoms with Gasteiger partial charge in [0.1, 0.15) is 5.65 Å². The van der Waals surface area contributed by atoms with Crippen LogP contribution in [-0.4, -0.2) is 15.8 Å². The highest BCUT2D eigenvalue weighted by Crippen LogP contribution is 2.37. The number of pyridine rings is 1. The summed E-state index contributed by atoms with van der Waals surface area (Å²) in [6, 6.07) is 5.70. The SMILES string of the molecule is CC(=O)c1ccc(-c2c(Cl)cnc3[nH]ccc23)s1. The Balaban J connectivity index is 2.26. The number of halogens is 1. The van der Waals surface area contributed by atoms with Crippen LogP contribution in [0.15, 0.2) is 30.6 Å². The first-order chi connectivity index (χ1) is 8.66. The van der Waals surface area contributed by atoms with Crippen molar-refractivity contribution in [3.05, 3.63) is 40.5 Å². The summed E-state index contributed by atoms with van der Waals surface area (Å²) in [5, 5.41) is 1.57. The lowest BCUT2D eigenvalue weighted by atomic mass is 10.1. The molecule has 0 saturated carbocycles. The van der Waals surface area contributed by atoms with E-state index in [4.69, 9.17) is 11.6 Å². The smallest absolute Gasteiger partial charge is 0.169 e. The molecule has 0 bridgehead atoms. The zero-order chi connectivity index (χ0) is 12.7. The molecule has 0 amide bonds. The summed E-state index contributed by atoms with van der Waals surface area (Å²) in [5.74, 6) is 0.0711. The van der Waals surface area contributed by atoms with Crippen LogP contribution in [0.5, 0.6) is 0 Å². The molecule has 0 fully saturated rings. The van der Waals surface area contributed by atoms with Crippen LogP contribution in [0.1, 0.15) is 16.6 Å². The third kappa shape index (κ3) is 1.74. The molecule has 0 spiro atoms. The lowest BCUT2D eigenvalue weighted by Crippen LogP contribution is -1.84. The monoisotopic (exact) mass is 276 g/mol. The minimum Gasteiger partial charge on any atom is -0.346 e. The molecule has 0 saturated heterocycles. The molecule has 18 heavy (non-hydrogen) atoms.